The Morgan fingerprint density at radius 2 is 2.09 bits per heavy atom. The van der Waals surface area contributed by atoms with Gasteiger partial charge in [-0.15, -0.1) is 23.7 Å². The van der Waals surface area contributed by atoms with Crippen LogP contribution in [-0.4, -0.2) is 74.5 Å². The Labute approximate surface area is 155 Å². The maximum atomic E-state index is 12.1. The SMILES string of the molecule is CN(CC(=O)NCCN1CCNCC1)C(=O)c1ccc(Br)s1.Cl. The molecule has 0 aliphatic carbocycles. The predicted molar refractivity (Wildman–Crippen MR) is 98.5 cm³/mol. The van der Waals surface area contributed by atoms with Crippen molar-refractivity contribution in [1.82, 2.24) is 20.4 Å². The molecule has 1 aromatic rings. The second kappa shape index (κ2) is 10.2. The number of nitrogens with zero attached hydrogens (tertiary/aromatic N) is 2. The first kappa shape index (κ1) is 20.4. The standard InChI is InChI=1S/C14H21BrN4O2S.ClH/c1-18(14(21)11-2-3-12(15)22-11)10-13(20)17-6-9-19-7-4-16-5-8-19;/h2-3,16H,4-10H2,1H3,(H,17,20);1H. The van der Waals surface area contributed by atoms with E-state index in [0.29, 0.717) is 11.4 Å². The molecule has 2 amide bonds. The Bertz CT molecular complexity index is 523. The van der Waals surface area contributed by atoms with Gasteiger partial charge in [0.25, 0.3) is 5.91 Å². The van der Waals surface area contributed by atoms with E-state index in [9.17, 15) is 9.59 Å². The normalized spacial score (nSPS) is 14.9. The molecule has 0 atom stereocenters. The predicted octanol–water partition coefficient (Wildman–Crippen LogP) is 1.03. The van der Waals surface area contributed by atoms with E-state index in [-0.39, 0.29) is 30.8 Å². The fourth-order valence-electron chi connectivity index (χ4n) is 2.25. The van der Waals surface area contributed by atoms with Crippen LogP contribution in [0.2, 0.25) is 0 Å². The van der Waals surface area contributed by atoms with Crippen molar-refractivity contribution in [3.05, 3.63) is 20.8 Å². The van der Waals surface area contributed by atoms with E-state index < -0.39 is 0 Å². The zero-order valence-corrected chi connectivity index (χ0v) is 16.2. The summed E-state index contributed by atoms with van der Waals surface area (Å²) in [6.07, 6.45) is 0. The molecule has 1 saturated heterocycles. The number of amides is 2. The lowest BCUT2D eigenvalue weighted by molar-refractivity contribution is -0.121. The first-order chi connectivity index (χ1) is 10.6. The molecule has 130 valence electrons. The van der Waals surface area contributed by atoms with Crippen LogP contribution in [0.3, 0.4) is 0 Å². The van der Waals surface area contributed by atoms with Crippen LogP contribution < -0.4 is 10.6 Å². The van der Waals surface area contributed by atoms with E-state index >= 15 is 0 Å². The number of likely N-dealkylation sites (N-methyl/N-ethyl adjacent to an activating group) is 1. The Balaban J connectivity index is 0.00000264. The van der Waals surface area contributed by atoms with Crippen LogP contribution in [-0.2, 0) is 4.79 Å². The summed E-state index contributed by atoms with van der Waals surface area (Å²) >= 11 is 4.70. The van der Waals surface area contributed by atoms with E-state index in [1.807, 2.05) is 6.07 Å². The Morgan fingerprint density at radius 1 is 1.39 bits per heavy atom. The highest BCUT2D eigenvalue weighted by Gasteiger charge is 2.16. The summed E-state index contributed by atoms with van der Waals surface area (Å²) in [5.74, 6) is -0.255. The lowest BCUT2D eigenvalue weighted by Crippen LogP contribution is -2.47. The first-order valence-electron chi connectivity index (χ1n) is 7.27. The minimum Gasteiger partial charge on any atom is -0.353 e. The third kappa shape index (κ3) is 6.76. The van der Waals surface area contributed by atoms with Gasteiger partial charge in [0.15, 0.2) is 0 Å². The van der Waals surface area contributed by atoms with Crippen molar-refractivity contribution in [3.8, 4) is 0 Å². The van der Waals surface area contributed by atoms with Gasteiger partial charge in [0.2, 0.25) is 5.91 Å². The summed E-state index contributed by atoms with van der Waals surface area (Å²) in [7, 11) is 1.64. The molecule has 2 rings (SSSR count). The molecule has 6 nitrogen and oxygen atoms in total. The maximum Gasteiger partial charge on any atom is 0.264 e. The van der Waals surface area contributed by atoms with Gasteiger partial charge in [0.05, 0.1) is 15.2 Å². The monoisotopic (exact) mass is 424 g/mol. The van der Waals surface area contributed by atoms with Crippen molar-refractivity contribution in [3.63, 3.8) is 0 Å². The molecule has 1 aliphatic heterocycles. The number of halogens is 2. The molecule has 0 bridgehead atoms. The Hall–Kier alpha value is -0.670. The van der Waals surface area contributed by atoms with Crippen LogP contribution in [0, 0.1) is 0 Å². The molecule has 0 radical (unpaired) electrons. The molecule has 2 heterocycles. The van der Waals surface area contributed by atoms with E-state index in [1.165, 1.54) is 16.2 Å². The lowest BCUT2D eigenvalue weighted by atomic mass is 10.3. The van der Waals surface area contributed by atoms with Gasteiger partial charge in [-0.05, 0) is 28.1 Å². The van der Waals surface area contributed by atoms with Gasteiger partial charge < -0.3 is 15.5 Å². The average molecular weight is 426 g/mol. The highest BCUT2D eigenvalue weighted by Crippen LogP contribution is 2.22. The lowest BCUT2D eigenvalue weighted by Gasteiger charge is -2.27. The number of hydrogen-bond donors (Lipinski definition) is 2. The Morgan fingerprint density at radius 3 is 2.70 bits per heavy atom. The maximum absolute atomic E-state index is 12.1. The third-order valence-electron chi connectivity index (χ3n) is 3.47. The largest absolute Gasteiger partial charge is 0.353 e. The van der Waals surface area contributed by atoms with E-state index in [2.05, 4.69) is 31.5 Å². The molecule has 23 heavy (non-hydrogen) atoms. The smallest absolute Gasteiger partial charge is 0.264 e. The molecular weight excluding hydrogens is 404 g/mol. The van der Waals surface area contributed by atoms with Crippen molar-refractivity contribution >= 4 is 51.5 Å². The van der Waals surface area contributed by atoms with Crippen molar-refractivity contribution in [2.45, 2.75) is 0 Å². The average Bonchev–Trinajstić information content (AvgIpc) is 2.94. The summed E-state index contributed by atoms with van der Waals surface area (Å²) in [6, 6.07) is 3.59. The van der Waals surface area contributed by atoms with Crippen molar-refractivity contribution in [2.24, 2.45) is 0 Å². The molecule has 0 aromatic carbocycles. The van der Waals surface area contributed by atoms with Gasteiger partial charge >= 0.3 is 0 Å². The second-order valence-corrected chi connectivity index (χ2v) is 7.67. The quantitative estimate of drug-likeness (QED) is 0.714. The van der Waals surface area contributed by atoms with Crippen molar-refractivity contribution < 1.29 is 9.59 Å². The van der Waals surface area contributed by atoms with Crippen LogP contribution >= 0.6 is 39.7 Å². The number of piperazine rings is 1. The van der Waals surface area contributed by atoms with Gasteiger partial charge in [0.1, 0.15) is 0 Å². The molecule has 1 fully saturated rings. The topological polar surface area (TPSA) is 64.7 Å². The highest BCUT2D eigenvalue weighted by molar-refractivity contribution is 9.11. The van der Waals surface area contributed by atoms with Crippen LogP contribution in [0.4, 0.5) is 0 Å². The third-order valence-corrected chi connectivity index (χ3v) is 5.08. The van der Waals surface area contributed by atoms with Gasteiger partial charge in [0, 0.05) is 46.3 Å². The number of hydrogen-bond acceptors (Lipinski definition) is 5. The summed E-state index contributed by atoms with van der Waals surface area (Å²) in [6.45, 7) is 5.58. The first-order valence-corrected chi connectivity index (χ1v) is 8.88. The molecular formula is C14H22BrClN4O2S. The number of rotatable bonds is 6. The summed E-state index contributed by atoms with van der Waals surface area (Å²) in [5, 5.41) is 6.17. The van der Waals surface area contributed by atoms with Gasteiger partial charge in [-0.1, -0.05) is 0 Å². The fraction of sp³-hybridized carbons (Fsp3) is 0.571. The summed E-state index contributed by atoms with van der Waals surface area (Å²) in [5.41, 5.74) is 0. The summed E-state index contributed by atoms with van der Waals surface area (Å²) < 4.78 is 0.907. The van der Waals surface area contributed by atoms with Crippen LogP contribution in [0.15, 0.2) is 15.9 Å². The minimum absolute atomic E-state index is 0. The number of thiophene rings is 1. The zero-order chi connectivity index (χ0) is 15.9. The Kier molecular flexibility index (Phi) is 9.08. The number of carbonyl (C=O) groups excluding carboxylic acids is 2. The van der Waals surface area contributed by atoms with Crippen LogP contribution in [0.25, 0.3) is 0 Å². The molecule has 9 heteroatoms. The second-order valence-electron chi connectivity index (χ2n) is 5.21. The molecule has 1 aromatic heterocycles. The van der Waals surface area contributed by atoms with E-state index in [4.69, 9.17) is 0 Å². The molecule has 2 N–H and O–H groups in total. The van der Waals surface area contributed by atoms with Crippen LogP contribution in [0.5, 0.6) is 0 Å². The van der Waals surface area contributed by atoms with Gasteiger partial charge in [-0.3, -0.25) is 14.5 Å². The summed E-state index contributed by atoms with van der Waals surface area (Å²) in [4.78, 5) is 28.4. The fourth-order valence-corrected chi connectivity index (χ4v) is 3.63. The number of carbonyl (C=O) groups is 2. The van der Waals surface area contributed by atoms with E-state index in [1.54, 1.807) is 13.1 Å². The van der Waals surface area contributed by atoms with Crippen molar-refractivity contribution in [2.75, 3.05) is 52.9 Å². The molecule has 0 spiro atoms. The minimum atomic E-state index is -0.132. The zero-order valence-electron chi connectivity index (χ0n) is 13.0. The highest BCUT2D eigenvalue weighted by atomic mass is 79.9. The van der Waals surface area contributed by atoms with Gasteiger partial charge in [-0.25, -0.2) is 0 Å². The van der Waals surface area contributed by atoms with Gasteiger partial charge in [-0.2, -0.15) is 0 Å². The molecule has 1 aliphatic rings. The number of nitrogens with one attached hydrogen (secondary N) is 2. The van der Waals surface area contributed by atoms with Crippen molar-refractivity contribution in [1.29, 1.82) is 0 Å². The molecule has 0 unspecified atom stereocenters. The van der Waals surface area contributed by atoms with Crippen LogP contribution in [0.1, 0.15) is 9.67 Å². The molecule has 0 saturated carbocycles. The van der Waals surface area contributed by atoms with E-state index in [0.717, 1.165) is 36.5 Å².